The van der Waals surface area contributed by atoms with E-state index in [9.17, 15) is 0 Å². The van der Waals surface area contributed by atoms with Crippen LogP contribution >= 0.6 is 11.8 Å². The molecule has 7 heteroatoms. The highest BCUT2D eigenvalue weighted by Crippen LogP contribution is 2.23. The molecule has 1 aliphatic heterocycles. The molecule has 2 aromatic heterocycles. The van der Waals surface area contributed by atoms with Crippen LogP contribution in [-0.4, -0.2) is 48.3 Å². The van der Waals surface area contributed by atoms with Gasteiger partial charge < -0.3 is 19.4 Å². The third kappa shape index (κ3) is 4.17. The molecule has 124 valence electrons. The smallest absolute Gasteiger partial charge is 0.134 e. The average Bonchev–Trinajstić information content (AvgIpc) is 3.02. The molecule has 3 heterocycles. The van der Waals surface area contributed by atoms with E-state index < -0.39 is 0 Å². The summed E-state index contributed by atoms with van der Waals surface area (Å²) in [5.74, 6) is 5.77. The molecule has 1 N–H and O–H groups in total. The highest BCUT2D eigenvalue weighted by molar-refractivity contribution is 7.99. The van der Waals surface area contributed by atoms with E-state index in [1.54, 1.807) is 13.4 Å². The maximum absolute atomic E-state index is 5.72. The normalized spacial score (nSPS) is 16.3. The quantitative estimate of drug-likeness (QED) is 0.871. The van der Waals surface area contributed by atoms with Crippen LogP contribution in [0.1, 0.15) is 17.6 Å². The molecular weight excluding hydrogens is 312 g/mol. The van der Waals surface area contributed by atoms with Gasteiger partial charge in [0, 0.05) is 37.8 Å². The van der Waals surface area contributed by atoms with Crippen LogP contribution in [0.2, 0.25) is 0 Å². The van der Waals surface area contributed by atoms with Crippen molar-refractivity contribution in [3.63, 3.8) is 0 Å². The van der Waals surface area contributed by atoms with Gasteiger partial charge in [-0.15, -0.1) is 0 Å². The third-order valence-electron chi connectivity index (χ3n) is 3.75. The lowest BCUT2D eigenvalue weighted by Gasteiger charge is -2.27. The van der Waals surface area contributed by atoms with E-state index in [4.69, 9.17) is 9.15 Å². The number of furan rings is 1. The Morgan fingerprint density at radius 3 is 2.87 bits per heavy atom. The number of thioether (sulfide) groups is 1. The van der Waals surface area contributed by atoms with E-state index in [1.165, 1.54) is 0 Å². The van der Waals surface area contributed by atoms with Crippen LogP contribution in [0, 0.1) is 6.92 Å². The third-order valence-corrected chi connectivity index (χ3v) is 4.69. The van der Waals surface area contributed by atoms with Crippen molar-refractivity contribution in [1.82, 2.24) is 9.97 Å². The molecular formula is C16H22N4O2S. The van der Waals surface area contributed by atoms with Gasteiger partial charge in [-0.1, -0.05) is 0 Å². The molecule has 0 aliphatic carbocycles. The van der Waals surface area contributed by atoms with Gasteiger partial charge in [-0.2, -0.15) is 11.8 Å². The number of hydrogen-bond acceptors (Lipinski definition) is 7. The van der Waals surface area contributed by atoms with Crippen molar-refractivity contribution in [3.05, 3.63) is 36.0 Å². The molecule has 1 fully saturated rings. The van der Waals surface area contributed by atoms with Crippen LogP contribution in [0.3, 0.4) is 0 Å². The summed E-state index contributed by atoms with van der Waals surface area (Å²) in [6.07, 6.45) is 1.61. The second kappa shape index (κ2) is 7.70. The number of rotatable bonds is 6. The van der Waals surface area contributed by atoms with Crippen molar-refractivity contribution >= 4 is 23.4 Å². The molecule has 1 unspecified atom stereocenters. The number of ether oxygens (including phenoxy) is 1. The molecule has 0 spiro atoms. The molecule has 0 bridgehead atoms. The Labute approximate surface area is 140 Å². The first-order valence-corrected chi connectivity index (χ1v) is 8.88. The lowest BCUT2D eigenvalue weighted by atomic mass is 10.2. The number of methoxy groups -OCH3 is 1. The summed E-state index contributed by atoms with van der Waals surface area (Å²) in [4.78, 5) is 11.0. The largest absolute Gasteiger partial charge is 0.464 e. The first kappa shape index (κ1) is 16.1. The van der Waals surface area contributed by atoms with Gasteiger partial charge in [0.1, 0.15) is 35.5 Å². The predicted octanol–water partition coefficient (Wildman–Crippen LogP) is 2.73. The summed E-state index contributed by atoms with van der Waals surface area (Å²) in [6.45, 7) is 4.50. The maximum Gasteiger partial charge on any atom is 0.134 e. The lowest BCUT2D eigenvalue weighted by molar-refractivity contribution is 0.178. The summed E-state index contributed by atoms with van der Waals surface area (Å²) >= 11 is 1.98. The van der Waals surface area contributed by atoms with E-state index in [0.29, 0.717) is 6.61 Å². The maximum atomic E-state index is 5.72. The summed E-state index contributed by atoms with van der Waals surface area (Å²) in [6, 6.07) is 5.84. The minimum atomic E-state index is -0.0756. The van der Waals surface area contributed by atoms with Crippen molar-refractivity contribution in [2.75, 3.05) is 48.5 Å². The molecule has 1 aliphatic rings. The number of anilines is 2. The Morgan fingerprint density at radius 1 is 1.35 bits per heavy atom. The van der Waals surface area contributed by atoms with Crippen LogP contribution in [0.15, 0.2) is 28.9 Å². The number of nitrogens with zero attached hydrogens (tertiary/aromatic N) is 3. The second-order valence-electron chi connectivity index (χ2n) is 5.46. The highest BCUT2D eigenvalue weighted by Gasteiger charge is 2.17. The fraction of sp³-hybridized carbons (Fsp3) is 0.500. The van der Waals surface area contributed by atoms with Gasteiger partial charge in [0.15, 0.2) is 0 Å². The van der Waals surface area contributed by atoms with E-state index >= 15 is 0 Å². The summed E-state index contributed by atoms with van der Waals surface area (Å²) in [7, 11) is 1.68. The van der Waals surface area contributed by atoms with E-state index in [2.05, 4.69) is 20.2 Å². The van der Waals surface area contributed by atoms with Gasteiger partial charge in [-0.3, -0.25) is 0 Å². The zero-order chi connectivity index (χ0) is 16.1. The Morgan fingerprint density at radius 2 is 2.17 bits per heavy atom. The molecule has 23 heavy (non-hydrogen) atoms. The van der Waals surface area contributed by atoms with E-state index in [0.717, 1.165) is 47.8 Å². The Kier molecular flexibility index (Phi) is 5.40. The van der Waals surface area contributed by atoms with Crippen molar-refractivity contribution in [2.45, 2.75) is 13.0 Å². The van der Waals surface area contributed by atoms with Crippen LogP contribution < -0.4 is 10.2 Å². The monoisotopic (exact) mass is 334 g/mol. The first-order valence-electron chi connectivity index (χ1n) is 7.73. The molecule has 0 saturated carbocycles. The SMILES string of the molecule is COCC(Nc1cc(N2CCSCC2)ncn1)c1ccc(C)o1. The Hall–Kier alpha value is -1.73. The van der Waals surface area contributed by atoms with Crippen LogP contribution in [0.4, 0.5) is 11.6 Å². The average molecular weight is 334 g/mol. The minimum Gasteiger partial charge on any atom is -0.464 e. The number of aryl methyl sites for hydroxylation is 1. The number of hydrogen-bond donors (Lipinski definition) is 1. The second-order valence-corrected chi connectivity index (χ2v) is 6.69. The van der Waals surface area contributed by atoms with Crippen molar-refractivity contribution < 1.29 is 9.15 Å². The lowest BCUT2D eigenvalue weighted by Crippen LogP contribution is -2.33. The highest BCUT2D eigenvalue weighted by atomic mass is 32.2. The molecule has 0 radical (unpaired) electrons. The zero-order valence-corrected chi connectivity index (χ0v) is 14.3. The van der Waals surface area contributed by atoms with Gasteiger partial charge in [0.05, 0.1) is 6.61 Å². The van der Waals surface area contributed by atoms with Crippen LogP contribution in [-0.2, 0) is 4.74 Å². The predicted molar refractivity (Wildman–Crippen MR) is 93.3 cm³/mol. The number of nitrogens with one attached hydrogen (secondary N) is 1. The first-order chi connectivity index (χ1) is 11.3. The summed E-state index contributed by atoms with van der Waals surface area (Å²) in [5.41, 5.74) is 0. The molecule has 1 saturated heterocycles. The Bertz CT molecular complexity index is 628. The number of aromatic nitrogens is 2. The van der Waals surface area contributed by atoms with E-state index in [1.807, 2.05) is 36.9 Å². The summed E-state index contributed by atoms with van der Waals surface area (Å²) < 4.78 is 11.0. The van der Waals surface area contributed by atoms with Crippen LogP contribution in [0.25, 0.3) is 0 Å². The fourth-order valence-electron chi connectivity index (χ4n) is 2.57. The van der Waals surface area contributed by atoms with Crippen molar-refractivity contribution in [3.8, 4) is 0 Å². The van der Waals surface area contributed by atoms with Gasteiger partial charge in [-0.05, 0) is 19.1 Å². The van der Waals surface area contributed by atoms with Crippen molar-refractivity contribution in [1.29, 1.82) is 0 Å². The zero-order valence-electron chi connectivity index (χ0n) is 13.5. The molecule has 0 amide bonds. The van der Waals surface area contributed by atoms with Gasteiger partial charge in [0.2, 0.25) is 0 Å². The topological polar surface area (TPSA) is 63.4 Å². The van der Waals surface area contributed by atoms with E-state index in [-0.39, 0.29) is 6.04 Å². The molecule has 3 rings (SSSR count). The summed E-state index contributed by atoms with van der Waals surface area (Å²) in [5, 5.41) is 3.39. The van der Waals surface area contributed by atoms with Crippen molar-refractivity contribution in [2.24, 2.45) is 0 Å². The van der Waals surface area contributed by atoms with Gasteiger partial charge in [-0.25, -0.2) is 9.97 Å². The molecule has 2 aromatic rings. The Balaban J connectivity index is 1.74. The molecule has 6 nitrogen and oxygen atoms in total. The minimum absolute atomic E-state index is 0.0756. The van der Waals surface area contributed by atoms with Gasteiger partial charge in [0.25, 0.3) is 0 Å². The molecule has 1 atom stereocenters. The van der Waals surface area contributed by atoms with Gasteiger partial charge >= 0.3 is 0 Å². The van der Waals surface area contributed by atoms with Crippen LogP contribution in [0.5, 0.6) is 0 Å². The molecule has 0 aromatic carbocycles. The standard InChI is InChI=1S/C16H22N4O2S/c1-12-3-4-14(22-12)13(10-21-2)19-15-9-16(18-11-17-15)20-5-7-23-8-6-20/h3-4,9,11,13H,5-8,10H2,1-2H3,(H,17,18,19). The fourth-order valence-corrected chi connectivity index (χ4v) is 3.48.